The van der Waals surface area contributed by atoms with E-state index in [0.29, 0.717) is 11.1 Å². The Morgan fingerprint density at radius 3 is 2.28 bits per heavy atom. The van der Waals surface area contributed by atoms with Crippen LogP contribution in [0.3, 0.4) is 0 Å². The fourth-order valence-corrected chi connectivity index (χ4v) is 3.17. The molecule has 29 heavy (non-hydrogen) atoms. The molecule has 1 heterocycles. The van der Waals surface area contributed by atoms with Gasteiger partial charge in [-0.25, -0.2) is 0 Å². The molecule has 1 saturated heterocycles. The third kappa shape index (κ3) is 4.66. The zero-order valence-electron chi connectivity index (χ0n) is 14.8. The maximum absolute atomic E-state index is 12.9. The lowest BCUT2D eigenvalue weighted by Crippen LogP contribution is -2.60. The number of aliphatic hydroxyl groups is 4. The van der Waals surface area contributed by atoms with Gasteiger partial charge in [0.1, 0.15) is 30.2 Å². The molecule has 2 aromatic rings. The van der Waals surface area contributed by atoms with E-state index in [1.165, 1.54) is 30.3 Å². The van der Waals surface area contributed by atoms with E-state index in [-0.39, 0.29) is 10.8 Å². The summed E-state index contributed by atoms with van der Waals surface area (Å²) in [4.78, 5) is 0. The number of benzene rings is 2. The van der Waals surface area contributed by atoms with Crippen LogP contribution < -0.4 is 4.74 Å². The van der Waals surface area contributed by atoms with Crippen LogP contribution in [0.2, 0.25) is 5.02 Å². The van der Waals surface area contributed by atoms with E-state index >= 15 is 0 Å². The summed E-state index contributed by atoms with van der Waals surface area (Å²) < 4.78 is 49.4. The first-order chi connectivity index (χ1) is 13.6. The van der Waals surface area contributed by atoms with Crippen LogP contribution in [0, 0.1) is 0 Å². The van der Waals surface area contributed by atoms with Crippen molar-refractivity contribution in [1.29, 1.82) is 0 Å². The number of alkyl halides is 3. The SMILES string of the molecule is OC[C@H]1O[C@H](Oc2ccc(-c3cccc(C(F)(F)F)c3)cc2Cl)[C@@H](O)[C@@H](O)[C@@H]1O. The topological polar surface area (TPSA) is 99.4 Å². The highest BCUT2D eigenvalue weighted by atomic mass is 35.5. The smallest absolute Gasteiger partial charge is 0.416 e. The van der Waals surface area contributed by atoms with Crippen molar-refractivity contribution in [3.8, 4) is 16.9 Å². The van der Waals surface area contributed by atoms with Crippen molar-refractivity contribution in [3.05, 3.63) is 53.1 Å². The molecule has 6 nitrogen and oxygen atoms in total. The molecule has 1 aliphatic heterocycles. The number of hydrogen-bond acceptors (Lipinski definition) is 6. The number of ether oxygens (including phenoxy) is 2. The predicted octanol–water partition coefficient (Wildman–Crippen LogP) is 2.20. The molecule has 0 spiro atoms. The fourth-order valence-electron chi connectivity index (χ4n) is 2.94. The quantitative estimate of drug-likeness (QED) is 0.589. The van der Waals surface area contributed by atoms with E-state index in [1.54, 1.807) is 0 Å². The second kappa shape index (κ2) is 8.47. The van der Waals surface area contributed by atoms with Crippen molar-refractivity contribution in [2.24, 2.45) is 0 Å². The Bertz CT molecular complexity index is 860. The Labute approximate surface area is 168 Å². The van der Waals surface area contributed by atoms with Crippen LogP contribution in [0.4, 0.5) is 13.2 Å². The average molecular weight is 435 g/mol. The van der Waals surface area contributed by atoms with E-state index in [0.717, 1.165) is 12.1 Å². The monoisotopic (exact) mass is 434 g/mol. The molecule has 2 aromatic carbocycles. The maximum Gasteiger partial charge on any atom is 0.416 e. The van der Waals surface area contributed by atoms with Crippen LogP contribution in [0.15, 0.2) is 42.5 Å². The molecular weight excluding hydrogens is 417 g/mol. The van der Waals surface area contributed by atoms with Crippen molar-refractivity contribution in [3.63, 3.8) is 0 Å². The van der Waals surface area contributed by atoms with Crippen LogP contribution in [0.25, 0.3) is 11.1 Å². The lowest BCUT2D eigenvalue weighted by Gasteiger charge is -2.39. The van der Waals surface area contributed by atoms with Crippen LogP contribution >= 0.6 is 11.6 Å². The van der Waals surface area contributed by atoms with E-state index in [9.17, 15) is 33.6 Å². The van der Waals surface area contributed by atoms with E-state index in [1.807, 2.05) is 0 Å². The highest BCUT2D eigenvalue weighted by Crippen LogP contribution is 2.35. The van der Waals surface area contributed by atoms with Gasteiger partial charge >= 0.3 is 6.18 Å². The molecule has 0 bridgehead atoms. The maximum atomic E-state index is 12.9. The number of hydrogen-bond donors (Lipinski definition) is 4. The third-order valence-electron chi connectivity index (χ3n) is 4.55. The van der Waals surface area contributed by atoms with Gasteiger partial charge in [0.15, 0.2) is 0 Å². The van der Waals surface area contributed by atoms with Gasteiger partial charge in [0, 0.05) is 0 Å². The van der Waals surface area contributed by atoms with Gasteiger partial charge in [-0.1, -0.05) is 29.8 Å². The van der Waals surface area contributed by atoms with Gasteiger partial charge in [-0.2, -0.15) is 13.2 Å². The second-order valence-corrected chi connectivity index (χ2v) is 6.95. The minimum absolute atomic E-state index is 0.0249. The van der Waals surface area contributed by atoms with Crippen molar-refractivity contribution >= 4 is 11.6 Å². The lowest BCUT2D eigenvalue weighted by molar-refractivity contribution is -0.277. The summed E-state index contributed by atoms with van der Waals surface area (Å²) in [6.45, 7) is -0.618. The van der Waals surface area contributed by atoms with Gasteiger partial charge in [0.05, 0.1) is 17.2 Å². The van der Waals surface area contributed by atoms with Crippen LogP contribution in [-0.2, 0) is 10.9 Å². The largest absolute Gasteiger partial charge is 0.460 e. The molecule has 0 aliphatic carbocycles. The van der Waals surface area contributed by atoms with Gasteiger partial charge in [-0.05, 0) is 35.4 Å². The molecule has 4 N–H and O–H groups in total. The summed E-state index contributed by atoms with van der Waals surface area (Å²) in [5, 5.41) is 38.8. The molecule has 158 valence electrons. The van der Waals surface area contributed by atoms with Crippen molar-refractivity contribution in [1.82, 2.24) is 0 Å². The third-order valence-corrected chi connectivity index (χ3v) is 4.84. The van der Waals surface area contributed by atoms with Crippen molar-refractivity contribution < 1.29 is 43.1 Å². The van der Waals surface area contributed by atoms with Crippen LogP contribution in [-0.4, -0.2) is 57.7 Å². The molecule has 1 fully saturated rings. The molecule has 0 unspecified atom stereocenters. The van der Waals surface area contributed by atoms with Crippen LogP contribution in [0.1, 0.15) is 5.56 Å². The predicted molar refractivity (Wildman–Crippen MR) is 96.3 cm³/mol. The lowest BCUT2D eigenvalue weighted by atomic mass is 9.99. The normalized spacial score (nSPS) is 27.7. The van der Waals surface area contributed by atoms with Crippen molar-refractivity contribution in [2.75, 3.05) is 6.61 Å². The molecule has 3 rings (SSSR count). The fraction of sp³-hybridized carbons (Fsp3) is 0.368. The Kier molecular flexibility index (Phi) is 6.37. The Balaban J connectivity index is 1.82. The number of halogens is 4. The summed E-state index contributed by atoms with van der Waals surface area (Å²) in [5.41, 5.74) is -0.101. The van der Waals surface area contributed by atoms with Gasteiger partial charge in [-0.15, -0.1) is 0 Å². The zero-order chi connectivity index (χ0) is 21.3. The molecular formula is C19H18ClF3O6. The average Bonchev–Trinajstić information content (AvgIpc) is 2.69. The standard InChI is InChI=1S/C19H18ClF3O6/c20-12-7-10(9-2-1-3-11(6-9)19(21,22)23)4-5-13(12)28-18-17(27)16(26)15(25)14(8-24)29-18/h1-7,14-18,24-27H,8H2/t14-,15-,16+,17+,18+/m1/s1. The second-order valence-electron chi connectivity index (χ2n) is 6.54. The summed E-state index contributed by atoms with van der Waals surface area (Å²) >= 11 is 6.17. The van der Waals surface area contributed by atoms with E-state index < -0.39 is 49.1 Å². The Morgan fingerprint density at radius 2 is 1.66 bits per heavy atom. The van der Waals surface area contributed by atoms with E-state index in [2.05, 4.69) is 0 Å². The minimum Gasteiger partial charge on any atom is -0.460 e. The molecule has 0 aromatic heterocycles. The molecule has 5 atom stereocenters. The molecule has 0 saturated carbocycles. The molecule has 0 radical (unpaired) electrons. The summed E-state index contributed by atoms with van der Waals surface area (Å²) in [6, 6.07) is 8.96. The number of aliphatic hydroxyl groups excluding tert-OH is 4. The molecule has 10 heteroatoms. The Morgan fingerprint density at radius 1 is 0.966 bits per heavy atom. The van der Waals surface area contributed by atoms with E-state index in [4.69, 9.17) is 21.1 Å². The van der Waals surface area contributed by atoms with Gasteiger partial charge in [0.25, 0.3) is 0 Å². The van der Waals surface area contributed by atoms with Crippen molar-refractivity contribution in [2.45, 2.75) is 36.9 Å². The summed E-state index contributed by atoms with van der Waals surface area (Å²) in [5.74, 6) is 0.0340. The zero-order valence-corrected chi connectivity index (χ0v) is 15.5. The van der Waals surface area contributed by atoms with Crippen LogP contribution in [0.5, 0.6) is 5.75 Å². The highest BCUT2D eigenvalue weighted by Gasteiger charge is 2.44. The molecule has 1 aliphatic rings. The summed E-state index contributed by atoms with van der Waals surface area (Å²) in [6.07, 6.45) is -11.8. The molecule has 0 amide bonds. The summed E-state index contributed by atoms with van der Waals surface area (Å²) in [7, 11) is 0. The number of rotatable bonds is 4. The van der Waals surface area contributed by atoms with Gasteiger partial charge in [-0.3, -0.25) is 0 Å². The van der Waals surface area contributed by atoms with Gasteiger partial charge < -0.3 is 29.9 Å². The first kappa shape index (κ1) is 21.8. The minimum atomic E-state index is -4.48. The Hall–Kier alpha value is -1.88. The van der Waals surface area contributed by atoms with Gasteiger partial charge in [0.2, 0.25) is 6.29 Å². The first-order valence-corrected chi connectivity index (χ1v) is 8.94. The first-order valence-electron chi connectivity index (χ1n) is 8.56. The highest BCUT2D eigenvalue weighted by molar-refractivity contribution is 6.32.